The van der Waals surface area contributed by atoms with E-state index in [0.717, 1.165) is 35.9 Å². The molecule has 3 aromatic carbocycles. The van der Waals surface area contributed by atoms with Gasteiger partial charge in [-0.25, -0.2) is 17.2 Å². The van der Waals surface area contributed by atoms with Crippen LogP contribution in [0.2, 0.25) is 10.0 Å². The maximum atomic E-state index is 13.7. The van der Waals surface area contributed by atoms with Crippen molar-refractivity contribution in [1.29, 1.82) is 0 Å². The highest BCUT2D eigenvalue weighted by atomic mass is 35.5. The number of likely N-dealkylation sites (tertiary alicyclic amines) is 1. The van der Waals surface area contributed by atoms with Crippen LogP contribution >= 0.6 is 23.2 Å². The fourth-order valence-corrected chi connectivity index (χ4v) is 7.19. The molecule has 0 atom stereocenters. The number of hydrogen-bond acceptors (Lipinski definition) is 5. The molecule has 0 amide bonds. The second-order valence-electron chi connectivity index (χ2n) is 10.2. The van der Waals surface area contributed by atoms with Crippen LogP contribution in [0.1, 0.15) is 22.7 Å². The third-order valence-electron chi connectivity index (χ3n) is 6.61. The SMILES string of the molecule is CN(C)CCNC1(CS(=O)(=O)Cc2cc(F)cc(F)c2)CN(C(c2ccc(Cl)cc2)c2ccc(Cl)cc2)C1. The zero-order valence-corrected chi connectivity index (χ0v) is 23.6. The molecular formula is C28H31Cl2F2N3O2S. The molecular weight excluding hydrogens is 551 g/mol. The van der Waals surface area contributed by atoms with Crippen molar-refractivity contribution in [2.24, 2.45) is 0 Å². The Balaban J connectivity index is 1.59. The minimum Gasteiger partial charge on any atom is -0.308 e. The minimum atomic E-state index is -3.70. The number of sulfone groups is 1. The molecule has 5 nitrogen and oxygen atoms in total. The van der Waals surface area contributed by atoms with E-state index in [2.05, 4.69) is 10.2 Å². The molecule has 0 aromatic heterocycles. The Morgan fingerprint density at radius 2 is 1.42 bits per heavy atom. The molecule has 1 aliphatic rings. The third kappa shape index (κ3) is 7.52. The zero-order valence-electron chi connectivity index (χ0n) is 21.3. The van der Waals surface area contributed by atoms with E-state index in [9.17, 15) is 17.2 Å². The molecule has 0 aliphatic carbocycles. The molecule has 1 fully saturated rings. The molecule has 0 bridgehead atoms. The Morgan fingerprint density at radius 3 is 1.89 bits per heavy atom. The quantitative estimate of drug-likeness (QED) is 0.338. The summed E-state index contributed by atoms with van der Waals surface area (Å²) in [5, 5.41) is 4.74. The van der Waals surface area contributed by atoms with Gasteiger partial charge in [-0.15, -0.1) is 0 Å². The second-order valence-corrected chi connectivity index (χ2v) is 13.2. The van der Waals surface area contributed by atoms with E-state index in [-0.39, 0.29) is 17.4 Å². The Hall–Kier alpha value is -2.07. The second kappa shape index (κ2) is 12.0. The predicted octanol–water partition coefficient (Wildman–Crippen LogP) is 5.18. The molecule has 10 heteroatoms. The van der Waals surface area contributed by atoms with Crippen LogP contribution in [0.15, 0.2) is 66.7 Å². The zero-order chi connectivity index (χ0) is 27.5. The van der Waals surface area contributed by atoms with Gasteiger partial charge in [-0.2, -0.15) is 0 Å². The number of hydrogen-bond donors (Lipinski definition) is 1. The van der Waals surface area contributed by atoms with Crippen molar-refractivity contribution in [3.63, 3.8) is 0 Å². The number of benzene rings is 3. The van der Waals surface area contributed by atoms with E-state index < -0.39 is 32.8 Å². The van der Waals surface area contributed by atoms with Gasteiger partial charge in [0, 0.05) is 42.3 Å². The summed E-state index contributed by atoms with van der Waals surface area (Å²) in [5.41, 5.74) is 1.44. The number of likely N-dealkylation sites (N-methyl/N-ethyl adjacent to an activating group) is 1. The molecule has 0 spiro atoms. The van der Waals surface area contributed by atoms with Crippen molar-refractivity contribution in [3.05, 3.63) is 105 Å². The summed E-state index contributed by atoms with van der Waals surface area (Å²) in [5.74, 6) is -2.18. The minimum absolute atomic E-state index is 0.0994. The van der Waals surface area contributed by atoms with E-state index >= 15 is 0 Å². The van der Waals surface area contributed by atoms with Crippen LogP contribution in [0.3, 0.4) is 0 Å². The molecule has 0 saturated carbocycles. The Labute approximate surface area is 233 Å². The summed E-state index contributed by atoms with van der Waals surface area (Å²) < 4.78 is 53.9. The fourth-order valence-electron chi connectivity index (χ4n) is 5.04. The first-order valence-electron chi connectivity index (χ1n) is 12.2. The van der Waals surface area contributed by atoms with Crippen LogP contribution < -0.4 is 5.32 Å². The van der Waals surface area contributed by atoms with Crippen molar-refractivity contribution in [3.8, 4) is 0 Å². The highest BCUT2D eigenvalue weighted by molar-refractivity contribution is 7.90. The van der Waals surface area contributed by atoms with Crippen molar-refractivity contribution in [2.45, 2.75) is 17.3 Å². The lowest BCUT2D eigenvalue weighted by Gasteiger charge is -2.54. The maximum Gasteiger partial charge on any atom is 0.156 e. The topological polar surface area (TPSA) is 52.7 Å². The van der Waals surface area contributed by atoms with Crippen LogP contribution in [0.25, 0.3) is 0 Å². The number of nitrogens with zero attached hydrogens (tertiary/aromatic N) is 2. The van der Waals surface area contributed by atoms with Gasteiger partial charge in [0.15, 0.2) is 9.84 Å². The Bertz CT molecular complexity index is 1280. The summed E-state index contributed by atoms with van der Waals surface area (Å²) in [6, 6.07) is 18.0. The third-order valence-corrected chi connectivity index (χ3v) is 8.88. The van der Waals surface area contributed by atoms with Gasteiger partial charge >= 0.3 is 0 Å². The molecule has 0 radical (unpaired) electrons. The summed E-state index contributed by atoms with van der Waals surface area (Å²) in [7, 11) is 0.206. The van der Waals surface area contributed by atoms with Crippen LogP contribution in [0.5, 0.6) is 0 Å². The molecule has 1 heterocycles. The van der Waals surface area contributed by atoms with Gasteiger partial charge in [-0.1, -0.05) is 47.5 Å². The van der Waals surface area contributed by atoms with Crippen molar-refractivity contribution >= 4 is 33.0 Å². The van der Waals surface area contributed by atoms with Crippen LogP contribution in [0.4, 0.5) is 8.78 Å². The smallest absolute Gasteiger partial charge is 0.156 e. The average Bonchev–Trinajstić information content (AvgIpc) is 2.79. The number of halogens is 4. The summed E-state index contributed by atoms with van der Waals surface area (Å²) >= 11 is 12.3. The highest BCUT2D eigenvalue weighted by Crippen LogP contribution is 2.38. The summed E-state index contributed by atoms with van der Waals surface area (Å²) in [6.07, 6.45) is 0. The molecule has 4 rings (SSSR count). The lowest BCUT2D eigenvalue weighted by Crippen LogP contribution is -2.72. The van der Waals surface area contributed by atoms with Crippen LogP contribution in [-0.4, -0.2) is 69.8 Å². The Kier molecular flexibility index (Phi) is 9.12. The van der Waals surface area contributed by atoms with Gasteiger partial charge in [0.2, 0.25) is 0 Å². The van der Waals surface area contributed by atoms with Crippen molar-refractivity contribution < 1.29 is 17.2 Å². The molecule has 1 aliphatic heterocycles. The van der Waals surface area contributed by atoms with Crippen molar-refractivity contribution in [1.82, 2.24) is 15.1 Å². The average molecular weight is 583 g/mol. The van der Waals surface area contributed by atoms with E-state index in [1.54, 1.807) is 0 Å². The highest BCUT2D eigenvalue weighted by Gasteiger charge is 2.48. The van der Waals surface area contributed by atoms with E-state index in [1.165, 1.54) is 0 Å². The van der Waals surface area contributed by atoms with E-state index in [0.29, 0.717) is 29.7 Å². The maximum absolute atomic E-state index is 13.7. The first-order chi connectivity index (χ1) is 17.9. The lowest BCUT2D eigenvalue weighted by atomic mass is 9.86. The summed E-state index contributed by atoms with van der Waals surface area (Å²) in [6.45, 7) is 2.26. The largest absolute Gasteiger partial charge is 0.308 e. The normalized spacial score (nSPS) is 15.7. The van der Waals surface area contributed by atoms with Gasteiger partial charge in [-0.3, -0.25) is 4.90 Å². The summed E-state index contributed by atoms with van der Waals surface area (Å²) in [4.78, 5) is 4.23. The van der Waals surface area contributed by atoms with Gasteiger partial charge in [-0.05, 0) is 67.2 Å². The van der Waals surface area contributed by atoms with E-state index in [1.807, 2.05) is 67.5 Å². The molecule has 0 unspecified atom stereocenters. The standard InChI is InChI=1S/C28H31Cl2F2N3O2S/c1-34(2)12-11-33-28(19-38(36,37)16-20-13-25(31)15-26(32)14-20)17-35(18-28)27(21-3-7-23(29)8-4-21)22-5-9-24(30)10-6-22/h3-10,13-15,27,33H,11-12,16-19H2,1-2H3. The van der Waals surface area contributed by atoms with Crippen LogP contribution in [-0.2, 0) is 15.6 Å². The number of nitrogens with one attached hydrogen (secondary N) is 1. The molecule has 1 N–H and O–H groups in total. The molecule has 3 aromatic rings. The molecule has 204 valence electrons. The molecule has 1 saturated heterocycles. The lowest BCUT2D eigenvalue weighted by molar-refractivity contribution is 0.0301. The van der Waals surface area contributed by atoms with Crippen LogP contribution in [0, 0.1) is 11.6 Å². The van der Waals surface area contributed by atoms with Gasteiger partial charge < -0.3 is 10.2 Å². The predicted molar refractivity (Wildman–Crippen MR) is 149 cm³/mol. The fraction of sp³-hybridized carbons (Fsp3) is 0.357. The van der Waals surface area contributed by atoms with Gasteiger partial charge in [0.25, 0.3) is 0 Å². The van der Waals surface area contributed by atoms with Gasteiger partial charge in [0.1, 0.15) is 11.6 Å². The number of rotatable bonds is 11. The van der Waals surface area contributed by atoms with E-state index in [4.69, 9.17) is 23.2 Å². The molecule has 38 heavy (non-hydrogen) atoms. The monoisotopic (exact) mass is 581 g/mol. The first-order valence-corrected chi connectivity index (χ1v) is 14.8. The Morgan fingerprint density at radius 1 is 0.921 bits per heavy atom. The van der Waals surface area contributed by atoms with Gasteiger partial charge in [0.05, 0.1) is 23.1 Å². The van der Waals surface area contributed by atoms with Crippen molar-refractivity contribution in [2.75, 3.05) is 46.0 Å². The first kappa shape index (κ1) is 28.9.